The minimum Gasteiger partial charge on any atom is -0.378 e. The van der Waals surface area contributed by atoms with Gasteiger partial charge in [-0.2, -0.15) is 0 Å². The van der Waals surface area contributed by atoms with Crippen LogP contribution >= 0.6 is 0 Å². The fourth-order valence-electron chi connectivity index (χ4n) is 1.17. The normalized spacial score (nSPS) is 14.1. The number of rotatable bonds is 5. The zero-order chi connectivity index (χ0) is 10.2. The lowest BCUT2D eigenvalue weighted by molar-refractivity contribution is 0.109. The SMILES string of the molecule is C=CC#CC(C)(O)CCCCCC. The molecule has 0 spiro atoms. The third-order valence-electron chi connectivity index (χ3n) is 1.96. The highest BCUT2D eigenvalue weighted by molar-refractivity contribution is 5.19. The highest BCUT2D eigenvalue weighted by atomic mass is 16.3. The van der Waals surface area contributed by atoms with Gasteiger partial charge in [0.1, 0.15) is 5.60 Å². The first-order chi connectivity index (χ1) is 6.12. The minimum atomic E-state index is -0.831. The summed E-state index contributed by atoms with van der Waals surface area (Å²) < 4.78 is 0. The molecule has 13 heavy (non-hydrogen) atoms. The molecule has 0 saturated carbocycles. The molecule has 0 aromatic rings. The molecule has 0 aliphatic heterocycles. The summed E-state index contributed by atoms with van der Waals surface area (Å²) in [5.41, 5.74) is -0.831. The Morgan fingerprint density at radius 2 is 2.08 bits per heavy atom. The van der Waals surface area contributed by atoms with Gasteiger partial charge in [0.05, 0.1) is 0 Å². The van der Waals surface area contributed by atoms with Crippen molar-refractivity contribution in [3.05, 3.63) is 12.7 Å². The summed E-state index contributed by atoms with van der Waals surface area (Å²) in [7, 11) is 0. The second kappa shape index (κ2) is 6.74. The monoisotopic (exact) mass is 180 g/mol. The fraction of sp³-hybridized carbons (Fsp3) is 0.667. The number of hydrogen-bond donors (Lipinski definition) is 1. The van der Waals surface area contributed by atoms with Crippen molar-refractivity contribution in [2.45, 2.75) is 51.6 Å². The van der Waals surface area contributed by atoms with Crippen LogP contribution in [0.15, 0.2) is 12.7 Å². The third-order valence-corrected chi connectivity index (χ3v) is 1.96. The molecule has 0 aromatic carbocycles. The van der Waals surface area contributed by atoms with E-state index in [0.29, 0.717) is 0 Å². The van der Waals surface area contributed by atoms with E-state index in [9.17, 15) is 5.11 Å². The Morgan fingerprint density at radius 3 is 2.62 bits per heavy atom. The van der Waals surface area contributed by atoms with Gasteiger partial charge in [-0.05, 0) is 25.8 Å². The smallest absolute Gasteiger partial charge is 0.123 e. The molecule has 1 unspecified atom stereocenters. The van der Waals surface area contributed by atoms with Gasteiger partial charge < -0.3 is 5.11 Å². The molecule has 0 aliphatic carbocycles. The van der Waals surface area contributed by atoms with Crippen molar-refractivity contribution >= 4 is 0 Å². The van der Waals surface area contributed by atoms with Crippen LogP contribution in [0, 0.1) is 11.8 Å². The van der Waals surface area contributed by atoms with Crippen molar-refractivity contribution in [2.24, 2.45) is 0 Å². The molecule has 0 rings (SSSR count). The highest BCUT2D eigenvalue weighted by Gasteiger charge is 2.15. The predicted molar refractivity (Wildman–Crippen MR) is 57.4 cm³/mol. The van der Waals surface area contributed by atoms with Gasteiger partial charge in [0.15, 0.2) is 0 Å². The first-order valence-corrected chi connectivity index (χ1v) is 4.98. The number of allylic oxidation sites excluding steroid dienone is 1. The molecule has 0 bridgehead atoms. The van der Waals surface area contributed by atoms with E-state index in [4.69, 9.17) is 0 Å². The second-order valence-electron chi connectivity index (χ2n) is 3.56. The molecule has 1 N–H and O–H groups in total. The molecule has 1 atom stereocenters. The van der Waals surface area contributed by atoms with E-state index >= 15 is 0 Å². The Hall–Kier alpha value is -0.740. The summed E-state index contributed by atoms with van der Waals surface area (Å²) in [6.07, 6.45) is 6.97. The molecule has 0 aromatic heterocycles. The van der Waals surface area contributed by atoms with Crippen molar-refractivity contribution < 1.29 is 5.11 Å². The summed E-state index contributed by atoms with van der Waals surface area (Å²) >= 11 is 0. The van der Waals surface area contributed by atoms with Crippen LogP contribution in [0.5, 0.6) is 0 Å². The standard InChI is InChI=1S/C12H20O/c1-4-6-8-9-11-12(3,13)10-7-5-2/h5,13H,2,4,6,8-9,11H2,1,3H3. The molecule has 0 heterocycles. The van der Waals surface area contributed by atoms with Crippen LogP contribution in [-0.4, -0.2) is 10.7 Å². The van der Waals surface area contributed by atoms with E-state index in [1.807, 2.05) is 0 Å². The van der Waals surface area contributed by atoms with Crippen LogP contribution in [0.2, 0.25) is 0 Å². The first kappa shape index (κ1) is 12.3. The van der Waals surface area contributed by atoms with Crippen LogP contribution in [0.3, 0.4) is 0 Å². The largest absolute Gasteiger partial charge is 0.378 e. The Kier molecular flexibility index (Phi) is 6.36. The molecular formula is C12H20O. The summed E-state index contributed by atoms with van der Waals surface area (Å²) in [5, 5.41) is 9.72. The Labute approximate surface area is 81.9 Å². The maximum Gasteiger partial charge on any atom is 0.123 e. The van der Waals surface area contributed by atoms with E-state index in [1.54, 1.807) is 6.92 Å². The molecule has 0 aliphatic rings. The van der Waals surface area contributed by atoms with Crippen molar-refractivity contribution in [3.63, 3.8) is 0 Å². The van der Waals surface area contributed by atoms with E-state index in [-0.39, 0.29) is 0 Å². The summed E-state index contributed by atoms with van der Waals surface area (Å²) in [4.78, 5) is 0. The van der Waals surface area contributed by atoms with E-state index in [0.717, 1.165) is 12.8 Å². The second-order valence-corrected chi connectivity index (χ2v) is 3.56. The van der Waals surface area contributed by atoms with E-state index < -0.39 is 5.60 Å². The Bertz CT molecular complexity index is 193. The predicted octanol–water partition coefficient (Wildman–Crippen LogP) is 2.90. The Morgan fingerprint density at radius 1 is 1.38 bits per heavy atom. The molecule has 74 valence electrons. The highest BCUT2D eigenvalue weighted by Crippen LogP contribution is 2.13. The summed E-state index contributed by atoms with van der Waals surface area (Å²) in [5.74, 6) is 5.47. The van der Waals surface area contributed by atoms with Gasteiger partial charge in [-0.25, -0.2) is 0 Å². The molecule has 1 nitrogen and oxygen atoms in total. The van der Waals surface area contributed by atoms with E-state index in [2.05, 4.69) is 25.3 Å². The molecular weight excluding hydrogens is 160 g/mol. The van der Waals surface area contributed by atoms with Crippen LogP contribution in [0.4, 0.5) is 0 Å². The van der Waals surface area contributed by atoms with Crippen LogP contribution in [-0.2, 0) is 0 Å². The maximum atomic E-state index is 9.72. The molecule has 0 radical (unpaired) electrons. The number of hydrogen-bond acceptors (Lipinski definition) is 1. The lowest BCUT2D eigenvalue weighted by Gasteiger charge is -2.15. The zero-order valence-corrected chi connectivity index (χ0v) is 8.77. The van der Waals surface area contributed by atoms with Gasteiger partial charge in [-0.15, -0.1) is 0 Å². The Balaban J connectivity index is 3.68. The average Bonchev–Trinajstić information content (AvgIpc) is 2.09. The van der Waals surface area contributed by atoms with Crippen LogP contribution < -0.4 is 0 Å². The lowest BCUT2D eigenvalue weighted by atomic mass is 9.99. The van der Waals surface area contributed by atoms with Gasteiger partial charge >= 0.3 is 0 Å². The number of aliphatic hydroxyl groups is 1. The minimum absolute atomic E-state index is 0.758. The zero-order valence-electron chi connectivity index (χ0n) is 8.77. The average molecular weight is 180 g/mol. The van der Waals surface area contributed by atoms with Gasteiger partial charge in [-0.3, -0.25) is 0 Å². The van der Waals surface area contributed by atoms with Crippen molar-refractivity contribution in [2.75, 3.05) is 0 Å². The fourth-order valence-corrected chi connectivity index (χ4v) is 1.17. The first-order valence-electron chi connectivity index (χ1n) is 4.98. The van der Waals surface area contributed by atoms with Crippen molar-refractivity contribution in [1.29, 1.82) is 0 Å². The van der Waals surface area contributed by atoms with E-state index in [1.165, 1.54) is 25.3 Å². The van der Waals surface area contributed by atoms with Crippen LogP contribution in [0.1, 0.15) is 46.0 Å². The maximum absolute atomic E-state index is 9.72. The molecule has 1 heteroatoms. The summed E-state index contributed by atoms with van der Waals surface area (Å²) in [6.45, 7) is 7.42. The van der Waals surface area contributed by atoms with Gasteiger partial charge in [0.25, 0.3) is 0 Å². The molecule has 0 amide bonds. The molecule has 0 saturated heterocycles. The lowest BCUT2D eigenvalue weighted by Crippen LogP contribution is -2.20. The van der Waals surface area contributed by atoms with Gasteiger partial charge in [0.2, 0.25) is 0 Å². The van der Waals surface area contributed by atoms with Gasteiger partial charge in [0, 0.05) is 0 Å². The van der Waals surface area contributed by atoms with Crippen LogP contribution in [0.25, 0.3) is 0 Å². The third kappa shape index (κ3) is 7.62. The van der Waals surface area contributed by atoms with Crippen molar-refractivity contribution in [1.82, 2.24) is 0 Å². The van der Waals surface area contributed by atoms with Gasteiger partial charge in [-0.1, -0.05) is 44.6 Å². The number of unbranched alkanes of at least 4 members (excludes halogenated alkanes) is 3. The summed E-state index contributed by atoms with van der Waals surface area (Å²) in [6, 6.07) is 0. The van der Waals surface area contributed by atoms with Crippen molar-refractivity contribution in [3.8, 4) is 11.8 Å². The topological polar surface area (TPSA) is 20.2 Å². The quantitative estimate of drug-likeness (QED) is 0.509. The molecule has 0 fully saturated rings.